The van der Waals surface area contributed by atoms with Gasteiger partial charge in [-0.05, 0) is 136 Å². The fourth-order valence-electron chi connectivity index (χ4n) is 9.38. The van der Waals surface area contributed by atoms with Crippen molar-refractivity contribution in [3.63, 3.8) is 0 Å². The summed E-state index contributed by atoms with van der Waals surface area (Å²) in [7, 11) is 0. The van der Waals surface area contributed by atoms with Crippen molar-refractivity contribution in [2.45, 2.75) is 65.0 Å². The fourth-order valence-corrected chi connectivity index (χ4v) is 9.38. The van der Waals surface area contributed by atoms with E-state index in [1.807, 2.05) is 23.1 Å². The predicted molar refractivity (Wildman–Crippen MR) is 243 cm³/mol. The van der Waals surface area contributed by atoms with Crippen LogP contribution in [0, 0.1) is 29.8 Å². The molecular formula is C50H49F3N8O5. The monoisotopic (exact) mass is 898 g/mol. The van der Waals surface area contributed by atoms with Gasteiger partial charge in [-0.1, -0.05) is 30.3 Å². The van der Waals surface area contributed by atoms with E-state index in [1.165, 1.54) is 62.6 Å². The van der Waals surface area contributed by atoms with Crippen molar-refractivity contribution in [3.05, 3.63) is 130 Å². The third-order valence-electron chi connectivity index (χ3n) is 13.5. The van der Waals surface area contributed by atoms with Crippen molar-refractivity contribution >= 4 is 46.2 Å². The number of rotatable bonds is 9. The van der Waals surface area contributed by atoms with Crippen LogP contribution < -0.4 is 15.5 Å². The van der Waals surface area contributed by atoms with Crippen LogP contribution in [0.1, 0.15) is 83.4 Å². The van der Waals surface area contributed by atoms with Crippen molar-refractivity contribution < 1.29 is 37.5 Å². The molecule has 1 spiro atoms. The molecule has 16 heteroatoms. The summed E-state index contributed by atoms with van der Waals surface area (Å²) in [4.78, 5) is 68.5. The minimum Gasteiger partial charge on any atom is -0.386 e. The molecule has 0 saturated carbocycles. The Labute approximate surface area is 379 Å². The molecule has 6 aromatic rings. The fraction of sp³-hybridized carbons (Fsp3) is 0.320. The summed E-state index contributed by atoms with van der Waals surface area (Å²) < 4.78 is 45.0. The van der Waals surface area contributed by atoms with Gasteiger partial charge in [0.2, 0.25) is 5.91 Å². The number of benzene rings is 4. The number of hydrogen-bond acceptors (Lipinski definition) is 8. The van der Waals surface area contributed by atoms with Gasteiger partial charge in [0.25, 0.3) is 11.8 Å². The highest BCUT2D eigenvalue weighted by atomic mass is 19.1. The molecule has 0 bridgehead atoms. The van der Waals surface area contributed by atoms with Gasteiger partial charge in [0.1, 0.15) is 29.4 Å². The number of anilines is 2. The van der Waals surface area contributed by atoms with E-state index in [0.29, 0.717) is 52.1 Å². The molecule has 3 aliphatic rings. The normalized spacial score (nSPS) is 16.8. The SMILES string of the molecule is Cc1c(NC(=O)c2ccc(C(C)(C)O)cc2F)cc(F)cc1-c1ncnc2[nH]c(-c3ccc(CN4CCC5(CC4)CCN(C(=O)c4ccc(F)c(N6CCC(=O)NC6=O)c4)CC5)cc3)cc12. The maximum Gasteiger partial charge on any atom is 0.328 e. The number of hydrogen-bond donors (Lipinski definition) is 4. The first-order chi connectivity index (χ1) is 31.5. The quantitative estimate of drug-likeness (QED) is 0.112. The zero-order valence-corrected chi connectivity index (χ0v) is 36.8. The molecule has 4 N–H and O–H groups in total. The van der Waals surface area contributed by atoms with Gasteiger partial charge in [0.05, 0.1) is 22.5 Å². The summed E-state index contributed by atoms with van der Waals surface area (Å²) >= 11 is 0. The second-order valence-electron chi connectivity index (χ2n) is 18.2. The van der Waals surface area contributed by atoms with Gasteiger partial charge >= 0.3 is 6.03 Å². The Kier molecular flexibility index (Phi) is 11.7. The lowest BCUT2D eigenvalue weighted by Crippen LogP contribution is -2.50. The standard InChI is InChI=1S/C50H49F3N8O5/c1-29-36(24-34(51)25-40(29)57-46(63)35-10-9-33(23-39(35)53)49(2,3)66)44-37-26-41(56-45(37)55-28-54-44)31-6-4-30(5-7-31)27-59-18-13-50(14-19-59)15-20-60(21-16-50)47(64)32-8-11-38(52)42(22-32)61-17-12-43(62)58-48(61)65/h4-11,22-26,28,66H,12-21,27H2,1-3H3,(H,57,63)(H,54,55,56)(H,58,62,65). The second-order valence-corrected chi connectivity index (χ2v) is 18.2. The number of nitrogens with one attached hydrogen (secondary N) is 3. The van der Waals surface area contributed by atoms with Crippen LogP contribution in [0.3, 0.4) is 0 Å². The molecule has 66 heavy (non-hydrogen) atoms. The van der Waals surface area contributed by atoms with Gasteiger partial charge in [-0.2, -0.15) is 0 Å². The number of H-pyrrole nitrogens is 1. The van der Waals surface area contributed by atoms with Crippen LogP contribution in [0.2, 0.25) is 0 Å². The molecular weight excluding hydrogens is 850 g/mol. The van der Waals surface area contributed by atoms with E-state index >= 15 is 4.39 Å². The number of piperidine rings is 2. The van der Waals surface area contributed by atoms with Crippen molar-refractivity contribution in [3.8, 4) is 22.5 Å². The molecule has 0 unspecified atom stereocenters. The lowest BCUT2D eigenvalue weighted by molar-refractivity contribution is -0.120. The van der Waals surface area contributed by atoms with Crippen LogP contribution >= 0.6 is 0 Å². The van der Waals surface area contributed by atoms with E-state index in [2.05, 4.69) is 42.6 Å². The number of fused-ring (bicyclic) bond motifs is 1. The molecule has 5 amide bonds. The number of carbonyl (C=O) groups excluding carboxylic acids is 4. The molecule has 340 valence electrons. The average molecular weight is 899 g/mol. The summed E-state index contributed by atoms with van der Waals surface area (Å²) in [5, 5.41) is 15.8. The number of halogens is 3. The highest BCUT2D eigenvalue weighted by Gasteiger charge is 2.39. The molecule has 0 aliphatic carbocycles. The van der Waals surface area contributed by atoms with Crippen molar-refractivity contribution in [1.29, 1.82) is 0 Å². The van der Waals surface area contributed by atoms with E-state index in [4.69, 9.17) is 0 Å². The highest BCUT2D eigenvalue weighted by Crippen LogP contribution is 2.42. The van der Waals surface area contributed by atoms with Crippen LogP contribution in [-0.4, -0.2) is 86.3 Å². The number of carbonyl (C=O) groups is 4. The first-order valence-corrected chi connectivity index (χ1v) is 22.0. The van der Waals surface area contributed by atoms with Crippen LogP contribution in [0.4, 0.5) is 29.3 Å². The van der Waals surface area contributed by atoms with Gasteiger partial charge in [0, 0.05) is 60.5 Å². The minimum absolute atomic E-state index is 0.0179. The number of likely N-dealkylation sites (tertiary alicyclic amines) is 2. The van der Waals surface area contributed by atoms with E-state index in [9.17, 15) is 33.1 Å². The molecule has 4 aromatic carbocycles. The molecule has 5 heterocycles. The Bertz CT molecular complexity index is 2890. The number of amides is 5. The van der Waals surface area contributed by atoms with Gasteiger partial charge in [-0.25, -0.2) is 27.9 Å². The highest BCUT2D eigenvalue weighted by molar-refractivity contribution is 6.07. The number of aliphatic hydroxyl groups is 1. The maximum atomic E-state index is 15.2. The molecule has 3 fully saturated rings. The summed E-state index contributed by atoms with van der Waals surface area (Å²) in [5.41, 5.74) is 4.21. The van der Waals surface area contributed by atoms with Crippen LogP contribution in [0.5, 0.6) is 0 Å². The third kappa shape index (κ3) is 8.90. The molecule has 0 atom stereocenters. The molecule has 13 nitrogen and oxygen atoms in total. The zero-order chi connectivity index (χ0) is 46.5. The lowest BCUT2D eigenvalue weighted by atomic mass is 9.71. The Morgan fingerprint density at radius 3 is 2.27 bits per heavy atom. The second kappa shape index (κ2) is 17.5. The average Bonchev–Trinajstić information content (AvgIpc) is 3.74. The van der Waals surface area contributed by atoms with E-state index in [1.54, 1.807) is 6.92 Å². The number of imide groups is 1. The summed E-state index contributed by atoms with van der Waals surface area (Å²) in [6.45, 7) is 8.64. The Hall–Kier alpha value is -6.91. The molecule has 3 saturated heterocycles. The Balaban J connectivity index is 0.817. The van der Waals surface area contributed by atoms with Crippen molar-refractivity contribution in [2.24, 2.45) is 5.41 Å². The van der Waals surface area contributed by atoms with Crippen molar-refractivity contribution in [2.75, 3.05) is 42.9 Å². The topological polar surface area (TPSA) is 164 Å². The molecule has 0 radical (unpaired) electrons. The summed E-state index contributed by atoms with van der Waals surface area (Å²) in [6.07, 6.45) is 5.23. The first-order valence-electron chi connectivity index (χ1n) is 22.0. The largest absolute Gasteiger partial charge is 0.386 e. The number of aromatic nitrogens is 3. The molecule has 3 aliphatic heterocycles. The van der Waals surface area contributed by atoms with Crippen LogP contribution in [0.25, 0.3) is 33.5 Å². The zero-order valence-electron chi connectivity index (χ0n) is 36.8. The molecule has 9 rings (SSSR count). The van der Waals surface area contributed by atoms with Crippen LogP contribution in [-0.2, 0) is 16.9 Å². The third-order valence-corrected chi connectivity index (χ3v) is 13.5. The first kappa shape index (κ1) is 44.3. The molecule has 2 aromatic heterocycles. The maximum absolute atomic E-state index is 15.2. The minimum atomic E-state index is -1.30. The Morgan fingerprint density at radius 1 is 0.848 bits per heavy atom. The predicted octanol–water partition coefficient (Wildman–Crippen LogP) is 8.46. The van der Waals surface area contributed by atoms with E-state index < -0.39 is 40.9 Å². The van der Waals surface area contributed by atoms with E-state index in [-0.39, 0.29) is 41.2 Å². The van der Waals surface area contributed by atoms with Crippen molar-refractivity contribution in [1.82, 2.24) is 30.1 Å². The Morgan fingerprint density at radius 2 is 1.58 bits per heavy atom. The van der Waals surface area contributed by atoms with Gasteiger partial charge in [-0.3, -0.25) is 29.5 Å². The lowest BCUT2D eigenvalue weighted by Gasteiger charge is -2.47. The number of aromatic amines is 1. The van der Waals surface area contributed by atoms with Gasteiger partial charge in [-0.15, -0.1) is 0 Å². The smallest absolute Gasteiger partial charge is 0.328 e. The van der Waals surface area contributed by atoms with E-state index in [0.717, 1.165) is 73.1 Å². The summed E-state index contributed by atoms with van der Waals surface area (Å²) in [6, 6.07) is 20.0. The van der Waals surface area contributed by atoms with Gasteiger partial charge < -0.3 is 20.3 Å². The number of nitrogens with zero attached hydrogens (tertiary/aromatic N) is 5. The van der Waals surface area contributed by atoms with Gasteiger partial charge in [0.15, 0.2) is 0 Å². The van der Waals surface area contributed by atoms with Crippen LogP contribution in [0.15, 0.2) is 85.2 Å². The number of urea groups is 1. The summed E-state index contributed by atoms with van der Waals surface area (Å²) in [5.74, 6) is -3.44.